The number of aromatic nitrogens is 5. The molecule has 0 aliphatic rings. The maximum absolute atomic E-state index is 10.9. The first-order valence-electron chi connectivity index (χ1n) is 6.73. The fourth-order valence-electron chi connectivity index (χ4n) is 1.99. The van der Waals surface area contributed by atoms with E-state index >= 15 is 0 Å². The Labute approximate surface area is 126 Å². The number of aromatic carboxylic acids is 1. The fourth-order valence-corrected chi connectivity index (χ4v) is 1.99. The number of rotatable bonds is 4. The number of carbonyl (C=O) groups is 1. The first kappa shape index (κ1) is 13.9. The van der Waals surface area contributed by atoms with Crippen molar-refractivity contribution >= 4 is 5.97 Å². The van der Waals surface area contributed by atoms with Crippen molar-refractivity contribution in [2.24, 2.45) is 0 Å². The Kier molecular flexibility index (Phi) is 3.61. The molecular formula is C15H13N5O2. The molecule has 0 aromatic carbocycles. The number of hydrogen-bond acceptors (Lipinski definition) is 5. The van der Waals surface area contributed by atoms with E-state index in [2.05, 4.69) is 19.9 Å². The summed E-state index contributed by atoms with van der Waals surface area (Å²) in [5, 5.41) is 8.96. The highest BCUT2D eigenvalue weighted by atomic mass is 16.4. The molecule has 3 heterocycles. The van der Waals surface area contributed by atoms with Crippen LogP contribution in [0, 0.1) is 0 Å². The Hall–Kier alpha value is -3.09. The van der Waals surface area contributed by atoms with Gasteiger partial charge in [0.15, 0.2) is 11.5 Å². The summed E-state index contributed by atoms with van der Waals surface area (Å²) in [5.74, 6) is 0.0823. The molecule has 0 aliphatic heterocycles. The van der Waals surface area contributed by atoms with Gasteiger partial charge in [0.1, 0.15) is 12.1 Å². The number of hydrogen-bond donors (Lipinski definition) is 1. The second-order valence-corrected chi connectivity index (χ2v) is 4.60. The summed E-state index contributed by atoms with van der Waals surface area (Å²) in [6.07, 6.45) is 6.96. The quantitative estimate of drug-likeness (QED) is 0.791. The third kappa shape index (κ3) is 2.69. The number of carboxylic acids is 1. The molecule has 22 heavy (non-hydrogen) atoms. The van der Waals surface area contributed by atoms with Gasteiger partial charge in [-0.3, -0.25) is 9.55 Å². The van der Waals surface area contributed by atoms with Crippen LogP contribution in [0.3, 0.4) is 0 Å². The molecule has 0 spiro atoms. The first-order chi connectivity index (χ1) is 10.7. The summed E-state index contributed by atoms with van der Waals surface area (Å²) >= 11 is 0. The van der Waals surface area contributed by atoms with Gasteiger partial charge in [0.05, 0.1) is 0 Å². The first-order valence-corrected chi connectivity index (χ1v) is 6.73. The molecule has 7 heteroatoms. The largest absolute Gasteiger partial charge is 0.476 e. The molecule has 0 amide bonds. The topological polar surface area (TPSA) is 93.8 Å². The lowest BCUT2D eigenvalue weighted by molar-refractivity contribution is 0.0691. The summed E-state index contributed by atoms with van der Waals surface area (Å²) in [5.41, 5.74) is 1.69. The summed E-state index contributed by atoms with van der Waals surface area (Å²) in [6, 6.07) is 5.47. The predicted octanol–water partition coefficient (Wildman–Crippen LogP) is 1.98. The van der Waals surface area contributed by atoms with E-state index in [0.29, 0.717) is 11.6 Å². The predicted molar refractivity (Wildman–Crippen MR) is 78.7 cm³/mol. The van der Waals surface area contributed by atoms with Crippen LogP contribution >= 0.6 is 0 Å². The summed E-state index contributed by atoms with van der Waals surface area (Å²) in [7, 11) is 0. The van der Waals surface area contributed by atoms with Gasteiger partial charge in [0.25, 0.3) is 0 Å². The Balaban J connectivity index is 2.09. The normalized spacial score (nSPS) is 10.6. The van der Waals surface area contributed by atoms with Crippen molar-refractivity contribution in [1.29, 1.82) is 0 Å². The Bertz CT molecular complexity index is 814. The average molecular weight is 295 g/mol. The highest BCUT2D eigenvalue weighted by Crippen LogP contribution is 2.17. The van der Waals surface area contributed by atoms with Crippen LogP contribution in [0.5, 0.6) is 0 Å². The molecule has 0 atom stereocenters. The van der Waals surface area contributed by atoms with E-state index < -0.39 is 5.97 Å². The van der Waals surface area contributed by atoms with Gasteiger partial charge in [0.2, 0.25) is 0 Å². The molecule has 3 aromatic rings. The number of nitrogens with zero attached hydrogens (tertiary/aromatic N) is 5. The van der Waals surface area contributed by atoms with Gasteiger partial charge in [0, 0.05) is 35.9 Å². The summed E-state index contributed by atoms with van der Waals surface area (Å²) in [6.45, 7) is 2.00. The van der Waals surface area contributed by atoms with Crippen molar-refractivity contribution in [2.75, 3.05) is 0 Å². The molecule has 0 saturated heterocycles. The van der Waals surface area contributed by atoms with Crippen LogP contribution in [0.2, 0.25) is 0 Å². The highest BCUT2D eigenvalue weighted by Gasteiger charge is 2.11. The zero-order valence-corrected chi connectivity index (χ0v) is 11.8. The molecule has 0 aliphatic carbocycles. The third-order valence-corrected chi connectivity index (χ3v) is 3.13. The van der Waals surface area contributed by atoms with Crippen molar-refractivity contribution in [3.63, 3.8) is 0 Å². The highest BCUT2D eigenvalue weighted by molar-refractivity contribution is 5.85. The van der Waals surface area contributed by atoms with E-state index in [4.69, 9.17) is 5.11 Å². The smallest absolute Gasteiger partial charge is 0.356 e. The minimum absolute atomic E-state index is 0.0258. The van der Waals surface area contributed by atoms with Crippen molar-refractivity contribution in [2.45, 2.75) is 13.3 Å². The standard InChI is InChI=1S/C15H13N5O2/c1-2-11-7-13(20-8-12(15(21)22)17-9-20)19-14(18-11)10-3-5-16-6-4-10/h3-9H,2H2,1H3,(H,21,22). The number of imidazole rings is 1. The number of pyridine rings is 1. The van der Waals surface area contributed by atoms with Gasteiger partial charge in [-0.05, 0) is 18.6 Å². The van der Waals surface area contributed by atoms with E-state index in [0.717, 1.165) is 17.7 Å². The van der Waals surface area contributed by atoms with Crippen LogP contribution < -0.4 is 0 Å². The van der Waals surface area contributed by atoms with Crippen LogP contribution in [0.1, 0.15) is 23.1 Å². The monoisotopic (exact) mass is 295 g/mol. The molecule has 0 saturated carbocycles. The zero-order chi connectivity index (χ0) is 15.5. The Morgan fingerprint density at radius 2 is 2.05 bits per heavy atom. The molecule has 7 nitrogen and oxygen atoms in total. The van der Waals surface area contributed by atoms with Crippen LogP contribution in [0.15, 0.2) is 43.1 Å². The average Bonchev–Trinajstić information content (AvgIpc) is 3.05. The minimum Gasteiger partial charge on any atom is -0.476 e. The van der Waals surface area contributed by atoms with E-state index in [1.807, 2.05) is 25.1 Å². The van der Waals surface area contributed by atoms with E-state index in [1.54, 1.807) is 17.0 Å². The zero-order valence-electron chi connectivity index (χ0n) is 11.8. The maximum Gasteiger partial charge on any atom is 0.356 e. The lowest BCUT2D eigenvalue weighted by Gasteiger charge is -2.07. The van der Waals surface area contributed by atoms with Gasteiger partial charge in [-0.1, -0.05) is 6.92 Å². The van der Waals surface area contributed by atoms with Gasteiger partial charge in [-0.2, -0.15) is 0 Å². The summed E-state index contributed by atoms with van der Waals surface area (Å²) < 4.78 is 1.58. The van der Waals surface area contributed by atoms with Crippen LogP contribution in [-0.2, 0) is 6.42 Å². The molecule has 3 rings (SSSR count). The van der Waals surface area contributed by atoms with Crippen molar-refractivity contribution < 1.29 is 9.90 Å². The molecule has 0 bridgehead atoms. The Morgan fingerprint density at radius 1 is 1.27 bits per heavy atom. The lowest BCUT2D eigenvalue weighted by atomic mass is 10.2. The van der Waals surface area contributed by atoms with E-state index in [9.17, 15) is 4.79 Å². The Morgan fingerprint density at radius 3 is 2.68 bits per heavy atom. The molecule has 3 aromatic heterocycles. The molecule has 110 valence electrons. The van der Waals surface area contributed by atoms with E-state index in [1.165, 1.54) is 12.5 Å². The van der Waals surface area contributed by atoms with Gasteiger partial charge in [-0.25, -0.2) is 19.7 Å². The molecule has 0 radical (unpaired) electrons. The second-order valence-electron chi connectivity index (χ2n) is 4.60. The SMILES string of the molecule is CCc1cc(-n2cnc(C(=O)O)c2)nc(-c2ccncc2)n1. The lowest BCUT2D eigenvalue weighted by Crippen LogP contribution is -2.02. The van der Waals surface area contributed by atoms with Gasteiger partial charge >= 0.3 is 5.97 Å². The molecule has 0 fully saturated rings. The fraction of sp³-hybridized carbons (Fsp3) is 0.133. The van der Waals surface area contributed by atoms with Crippen LogP contribution in [-0.4, -0.2) is 35.6 Å². The summed E-state index contributed by atoms with van der Waals surface area (Å²) in [4.78, 5) is 27.8. The number of aryl methyl sites for hydroxylation is 1. The van der Waals surface area contributed by atoms with Gasteiger partial charge in [-0.15, -0.1) is 0 Å². The second kappa shape index (κ2) is 5.72. The van der Waals surface area contributed by atoms with Crippen LogP contribution in [0.25, 0.3) is 17.2 Å². The van der Waals surface area contributed by atoms with Crippen molar-refractivity contribution in [1.82, 2.24) is 24.5 Å². The van der Waals surface area contributed by atoms with Gasteiger partial charge < -0.3 is 5.11 Å². The van der Waals surface area contributed by atoms with Crippen LogP contribution in [0.4, 0.5) is 0 Å². The molecular weight excluding hydrogens is 282 g/mol. The van der Waals surface area contributed by atoms with E-state index in [-0.39, 0.29) is 5.69 Å². The minimum atomic E-state index is -1.07. The third-order valence-electron chi connectivity index (χ3n) is 3.13. The molecule has 1 N–H and O–H groups in total. The maximum atomic E-state index is 10.9. The molecule has 0 unspecified atom stereocenters. The number of carboxylic acid groups (broad SMARTS) is 1. The van der Waals surface area contributed by atoms with Crippen molar-refractivity contribution in [3.05, 3.63) is 54.5 Å². The van der Waals surface area contributed by atoms with Crippen molar-refractivity contribution in [3.8, 4) is 17.2 Å².